The molecule has 20 heavy (non-hydrogen) atoms. The van der Waals surface area contributed by atoms with Crippen molar-refractivity contribution in [1.29, 1.82) is 0 Å². The monoisotopic (exact) mass is 274 g/mol. The van der Waals surface area contributed by atoms with Gasteiger partial charge in [-0.15, -0.1) is 0 Å². The van der Waals surface area contributed by atoms with Crippen LogP contribution in [0, 0.1) is 0 Å². The second-order valence-corrected chi connectivity index (χ2v) is 4.62. The van der Waals surface area contributed by atoms with Gasteiger partial charge in [0.15, 0.2) is 5.78 Å². The minimum atomic E-state index is -0.150. The van der Waals surface area contributed by atoms with Crippen LogP contribution in [0.1, 0.15) is 48.7 Å². The van der Waals surface area contributed by atoms with Crippen LogP contribution in [-0.2, 0) is 11.2 Å². The highest BCUT2D eigenvalue weighted by molar-refractivity contribution is 5.95. The second-order valence-electron chi connectivity index (χ2n) is 4.62. The van der Waals surface area contributed by atoms with E-state index in [2.05, 4.69) is 16.9 Å². The van der Waals surface area contributed by atoms with Gasteiger partial charge in [0.2, 0.25) is 5.91 Å². The number of pyridine rings is 1. The SMILES string of the molecule is C=CC(=O)NCCCCCC(=O)c1ccc(CC)nc1. The molecule has 0 fully saturated rings. The van der Waals surface area contributed by atoms with Crippen LogP contribution in [0.2, 0.25) is 0 Å². The summed E-state index contributed by atoms with van der Waals surface area (Å²) in [5.74, 6) is -0.0153. The first-order valence-corrected chi connectivity index (χ1v) is 7.05. The van der Waals surface area contributed by atoms with E-state index in [-0.39, 0.29) is 11.7 Å². The van der Waals surface area contributed by atoms with Gasteiger partial charge in [0.05, 0.1) is 0 Å². The van der Waals surface area contributed by atoms with Crippen molar-refractivity contribution in [2.75, 3.05) is 6.54 Å². The van der Waals surface area contributed by atoms with Gasteiger partial charge >= 0.3 is 0 Å². The number of rotatable bonds is 9. The third-order valence-electron chi connectivity index (χ3n) is 3.07. The molecule has 0 saturated heterocycles. The molecule has 0 saturated carbocycles. The summed E-state index contributed by atoms with van der Waals surface area (Å²) in [5.41, 5.74) is 1.68. The molecule has 0 atom stereocenters. The van der Waals surface area contributed by atoms with Gasteiger partial charge in [-0.3, -0.25) is 14.6 Å². The van der Waals surface area contributed by atoms with Crippen molar-refractivity contribution in [2.24, 2.45) is 0 Å². The van der Waals surface area contributed by atoms with Gasteiger partial charge in [0, 0.05) is 30.4 Å². The van der Waals surface area contributed by atoms with E-state index in [1.807, 2.05) is 19.1 Å². The van der Waals surface area contributed by atoms with Gasteiger partial charge in [0.25, 0.3) is 0 Å². The summed E-state index contributed by atoms with van der Waals surface area (Å²) in [4.78, 5) is 27.0. The molecular weight excluding hydrogens is 252 g/mol. The molecule has 108 valence electrons. The lowest BCUT2D eigenvalue weighted by Gasteiger charge is -2.03. The van der Waals surface area contributed by atoms with E-state index in [0.717, 1.165) is 31.4 Å². The zero-order valence-electron chi connectivity index (χ0n) is 12.0. The summed E-state index contributed by atoms with van der Waals surface area (Å²) in [6.07, 6.45) is 6.96. The Balaban J connectivity index is 2.19. The highest BCUT2D eigenvalue weighted by atomic mass is 16.1. The normalized spacial score (nSPS) is 10.1. The molecule has 4 heteroatoms. The molecule has 0 aliphatic carbocycles. The minimum Gasteiger partial charge on any atom is -0.353 e. The molecule has 0 radical (unpaired) electrons. The van der Waals surface area contributed by atoms with E-state index in [4.69, 9.17) is 0 Å². The van der Waals surface area contributed by atoms with Gasteiger partial charge < -0.3 is 5.32 Å². The molecule has 0 aliphatic heterocycles. The van der Waals surface area contributed by atoms with Crippen LogP contribution in [-0.4, -0.2) is 23.2 Å². The summed E-state index contributed by atoms with van der Waals surface area (Å²) in [5, 5.41) is 2.71. The summed E-state index contributed by atoms with van der Waals surface area (Å²) in [6, 6.07) is 3.75. The van der Waals surface area contributed by atoms with Crippen molar-refractivity contribution < 1.29 is 9.59 Å². The average molecular weight is 274 g/mol. The minimum absolute atomic E-state index is 0.135. The second kappa shape index (κ2) is 9.02. The van der Waals surface area contributed by atoms with E-state index < -0.39 is 0 Å². The van der Waals surface area contributed by atoms with Gasteiger partial charge in [0.1, 0.15) is 0 Å². The fourth-order valence-electron chi connectivity index (χ4n) is 1.81. The summed E-state index contributed by atoms with van der Waals surface area (Å²) in [7, 11) is 0. The molecular formula is C16H22N2O2. The topological polar surface area (TPSA) is 59.1 Å². The third-order valence-corrected chi connectivity index (χ3v) is 3.07. The number of hydrogen-bond donors (Lipinski definition) is 1. The van der Waals surface area contributed by atoms with Crippen LogP contribution >= 0.6 is 0 Å². The van der Waals surface area contributed by atoms with Crippen LogP contribution in [0.3, 0.4) is 0 Å². The number of unbranched alkanes of at least 4 members (excludes halogenated alkanes) is 2. The fraction of sp³-hybridized carbons (Fsp3) is 0.438. The molecule has 1 aromatic heterocycles. The van der Waals surface area contributed by atoms with Crippen molar-refractivity contribution in [1.82, 2.24) is 10.3 Å². The lowest BCUT2D eigenvalue weighted by molar-refractivity contribution is -0.116. The zero-order chi connectivity index (χ0) is 14.8. The Bertz CT molecular complexity index is 452. The number of aromatic nitrogens is 1. The maximum absolute atomic E-state index is 11.9. The van der Waals surface area contributed by atoms with E-state index >= 15 is 0 Å². The first kappa shape index (κ1) is 16.1. The number of Topliss-reactive ketones (excluding diaryl/α,β-unsaturated/α-hetero) is 1. The summed E-state index contributed by atoms with van der Waals surface area (Å²) >= 11 is 0. The lowest BCUT2D eigenvalue weighted by atomic mass is 10.1. The maximum Gasteiger partial charge on any atom is 0.243 e. The maximum atomic E-state index is 11.9. The van der Waals surface area contributed by atoms with Gasteiger partial charge in [-0.05, 0) is 37.5 Å². The molecule has 0 aromatic carbocycles. The molecule has 4 nitrogen and oxygen atoms in total. The number of amides is 1. The molecule has 0 spiro atoms. The average Bonchev–Trinajstić information content (AvgIpc) is 2.50. The largest absolute Gasteiger partial charge is 0.353 e. The number of nitrogens with zero attached hydrogens (tertiary/aromatic N) is 1. The quantitative estimate of drug-likeness (QED) is 0.428. The number of hydrogen-bond acceptors (Lipinski definition) is 3. The number of ketones is 1. The Morgan fingerprint density at radius 2 is 2.10 bits per heavy atom. The first-order valence-electron chi connectivity index (χ1n) is 7.05. The van der Waals surface area contributed by atoms with Crippen LogP contribution in [0.15, 0.2) is 31.0 Å². The zero-order valence-corrected chi connectivity index (χ0v) is 12.0. The van der Waals surface area contributed by atoms with E-state index in [0.29, 0.717) is 18.5 Å². The molecule has 0 aliphatic rings. The van der Waals surface area contributed by atoms with Crippen LogP contribution in [0.5, 0.6) is 0 Å². The Kier molecular flexibility index (Phi) is 7.25. The van der Waals surface area contributed by atoms with E-state index in [9.17, 15) is 9.59 Å². The molecule has 1 amide bonds. The Hall–Kier alpha value is -1.97. The molecule has 1 N–H and O–H groups in total. The van der Waals surface area contributed by atoms with Crippen LogP contribution in [0.4, 0.5) is 0 Å². The third kappa shape index (κ3) is 5.78. The van der Waals surface area contributed by atoms with Gasteiger partial charge in [-0.25, -0.2) is 0 Å². The molecule has 0 unspecified atom stereocenters. The Morgan fingerprint density at radius 1 is 1.30 bits per heavy atom. The van der Waals surface area contributed by atoms with Crippen molar-refractivity contribution in [3.63, 3.8) is 0 Å². The number of carbonyl (C=O) groups excluding carboxylic acids is 2. The molecule has 1 heterocycles. The lowest BCUT2D eigenvalue weighted by Crippen LogP contribution is -2.21. The standard InChI is InChI=1S/C16H22N2O2/c1-3-14-10-9-13(12-18-14)15(19)8-6-5-7-11-17-16(20)4-2/h4,9-10,12H,2-3,5-8,11H2,1H3,(H,17,20). The predicted octanol–water partition coefficient (Wildman–Crippen LogP) is 2.69. The van der Waals surface area contributed by atoms with Crippen molar-refractivity contribution in [2.45, 2.75) is 39.0 Å². The van der Waals surface area contributed by atoms with Crippen molar-refractivity contribution in [3.05, 3.63) is 42.2 Å². The highest BCUT2D eigenvalue weighted by Gasteiger charge is 2.05. The smallest absolute Gasteiger partial charge is 0.243 e. The van der Waals surface area contributed by atoms with Gasteiger partial charge in [-0.2, -0.15) is 0 Å². The van der Waals surface area contributed by atoms with Gasteiger partial charge in [-0.1, -0.05) is 19.9 Å². The van der Waals surface area contributed by atoms with E-state index in [1.165, 1.54) is 6.08 Å². The van der Waals surface area contributed by atoms with Crippen LogP contribution < -0.4 is 5.32 Å². The molecule has 1 rings (SSSR count). The predicted molar refractivity (Wildman–Crippen MR) is 79.6 cm³/mol. The molecule has 1 aromatic rings. The summed E-state index contributed by atoms with van der Waals surface area (Å²) in [6.45, 7) is 6.05. The highest BCUT2D eigenvalue weighted by Crippen LogP contribution is 2.08. The summed E-state index contributed by atoms with van der Waals surface area (Å²) < 4.78 is 0. The Morgan fingerprint density at radius 3 is 2.70 bits per heavy atom. The van der Waals surface area contributed by atoms with Crippen molar-refractivity contribution >= 4 is 11.7 Å². The number of carbonyl (C=O) groups is 2. The molecule has 0 bridgehead atoms. The first-order chi connectivity index (χ1) is 9.67. The van der Waals surface area contributed by atoms with Crippen LogP contribution in [0.25, 0.3) is 0 Å². The Labute approximate surface area is 120 Å². The number of nitrogens with one attached hydrogen (secondary N) is 1. The van der Waals surface area contributed by atoms with E-state index in [1.54, 1.807) is 6.20 Å². The van der Waals surface area contributed by atoms with Crippen molar-refractivity contribution in [3.8, 4) is 0 Å². The fourth-order valence-corrected chi connectivity index (χ4v) is 1.81. The number of aryl methyl sites for hydroxylation is 1.